The van der Waals surface area contributed by atoms with Gasteiger partial charge < -0.3 is 9.84 Å². The maximum absolute atomic E-state index is 10.7. The van der Waals surface area contributed by atoms with Crippen LogP contribution in [0.1, 0.15) is 11.1 Å². The number of carboxylic acid groups (broad SMARTS) is 1. The number of benzene rings is 1. The number of aromatic nitrogens is 2. The molecular weight excluding hydrogens is 244 g/mol. The second-order valence-corrected chi connectivity index (χ2v) is 4.11. The van der Waals surface area contributed by atoms with Gasteiger partial charge in [-0.05, 0) is 12.5 Å². The highest BCUT2D eigenvalue weighted by atomic mass is 16.5. The minimum Gasteiger partial charge on any atom is -0.481 e. The third kappa shape index (κ3) is 2.88. The van der Waals surface area contributed by atoms with Crippen molar-refractivity contribution in [1.29, 1.82) is 0 Å². The van der Waals surface area contributed by atoms with E-state index in [1.54, 1.807) is 0 Å². The maximum atomic E-state index is 10.7. The van der Waals surface area contributed by atoms with E-state index in [0.29, 0.717) is 17.3 Å². The molecule has 0 aliphatic heterocycles. The summed E-state index contributed by atoms with van der Waals surface area (Å²) in [4.78, 5) is 19.2. The van der Waals surface area contributed by atoms with Crippen LogP contribution in [-0.2, 0) is 11.2 Å². The molecule has 1 heterocycles. The largest absolute Gasteiger partial charge is 0.481 e. The van der Waals surface area contributed by atoms with E-state index < -0.39 is 5.97 Å². The first kappa shape index (κ1) is 13.0. The highest BCUT2D eigenvalue weighted by Gasteiger charge is 2.12. The Morgan fingerprint density at radius 1 is 1.37 bits per heavy atom. The molecule has 0 radical (unpaired) electrons. The SMILES string of the molecule is COc1nc(-c2ccccc2C)ncc1CC(=O)O. The maximum Gasteiger partial charge on any atom is 0.308 e. The molecule has 5 nitrogen and oxygen atoms in total. The molecular formula is C14H14N2O3. The summed E-state index contributed by atoms with van der Waals surface area (Å²) in [5.74, 6) is -0.106. The van der Waals surface area contributed by atoms with Crippen LogP contribution in [0.25, 0.3) is 11.4 Å². The van der Waals surface area contributed by atoms with Crippen molar-refractivity contribution in [1.82, 2.24) is 9.97 Å². The second kappa shape index (κ2) is 5.48. The highest BCUT2D eigenvalue weighted by molar-refractivity contribution is 5.71. The van der Waals surface area contributed by atoms with Gasteiger partial charge in [0, 0.05) is 17.3 Å². The fraction of sp³-hybridized carbons (Fsp3) is 0.214. The van der Waals surface area contributed by atoms with Gasteiger partial charge in [-0.1, -0.05) is 24.3 Å². The van der Waals surface area contributed by atoms with Gasteiger partial charge in [0.25, 0.3) is 0 Å². The van der Waals surface area contributed by atoms with E-state index >= 15 is 0 Å². The zero-order valence-corrected chi connectivity index (χ0v) is 10.8. The predicted octanol–water partition coefficient (Wildman–Crippen LogP) is 2.09. The quantitative estimate of drug-likeness (QED) is 0.909. The number of methoxy groups -OCH3 is 1. The molecule has 0 aliphatic rings. The van der Waals surface area contributed by atoms with Crippen LogP contribution >= 0.6 is 0 Å². The third-order valence-corrected chi connectivity index (χ3v) is 2.75. The van der Waals surface area contributed by atoms with Gasteiger partial charge in [0.2, 0.25) is 5.88 Å². The van der Waals surface area contributed by atoms with Crippen LogP contribution in [0.5, 0.6) is 5.88 Å². The summed E-state index contributed by atoms with van der Waals surface area (Å²) in [7, 11) is 1.47. The molecule has 98 valence electrons. The van der Waals surface area contributed by atoms with Crippen molar-refractivity contribution in [3.63, 3.8) is 0 Å². The Morgan fingerprint density at radius 3 is 2.74 bits per heavy atom. The normalized spacial score (nSPS) is 10.2. The number of hydrogen-bond donors (Lipinski definition) is 1. The standard InChI is InChI=1S/C14H14N2O3/c1-9-5-3-4-6-11(9)13-15-8-10(7-12(17)18)14(16-13)19-2/h3-6,8H,7H2,1-2H3,(H,17,18). The van der Waals surface area contributed by atoms with Crippen molar-refractivity contribution in [2.24, 2.45) is 0 Å². The number of aryl methyl sites for hydroxylation is 1. The van der Waals surface area contributed by atoms with Crippen LogP contribution in [0.3, 0.4) is 0 Å². The number of nitrogens with zero attached hydrogens (tertiary/aromatic N) is 2. The molecule has 0 amide bonds. The van der Waals surface area contributed by atoms with E-state index in [9.17, 15) is 4.79 Å². The molecule has 0 bridgehead atoms. The summed E-state index contributed by atoms with van der Waals surface area (Å²) >= 11 is 0. The Morgan fingerprint density at radius 2 is 2.11 bits per heavy atom. The van der Waals surface area contributed by atoms with Crippen molar-refractivity contribution >= 4 is 5.97 Å². The number of hydrogen-bond acceptors (Lipinski definition) is 4. The van der Waals surface area contributed by atoms with Crippen molar-refractivity contribution < 1.29 is 14.6 Å². The molecule has 0 fully saturated rings. The molecule has 0 unspecified atom stereocenters. The lowest BCUT2D eigenvalue weighted by Crippen LogP contribution is -2.05. The summed E-state index contributed by atoms with van der Waals surface area (Å²) in [5, 5.41) is 8.81. The molecule has 0 saturated carbocycles. The van der Waals surface area contributed by atoms with Crippen molar-refractivity contribution in [3.8, 4) is 17.3 Å². The number of aliphatic carboxylic acids is 1. The second-order valence-electron chi connectivity index (χ2n) is 4.11. The van der Waals surface area contributed by atoms with Gasteiger partial charge in [-0.2, -0.15) is 4.98 Å². The van der Waals surface area contributed by atoms with Crippen LogP contribution in [0.2, 0.25) is 0 Å². The summed E-state index contributed by atoms with van der Waals surface area (Å²) in [6.45, 7) is 1.97. The van der Waals surface area contributed by atoms with E-state index in [1.807, 2.05) is 31.2 Å². The highest BCUT2D eigenvalue weighted by Crippen LogP contribution is 2.23. The lowest BCUT2D eigenvalue weighted by atomic mass is 10.1. The Kier molecular flexibility index (Phi) is 3.75. The fourth-order valence-corrected chi connectivity index (χ4v) is 1.81. The zero-order valence-electron chi connectivity index (χ0n) is 10.8. The number of carbonyl (C=O) groups is 1. The lowest BCUT2D eigenvalue weighted by Gasteiger charge is -2.08. The molecule has 2 rings (SSSR count). The Labute approximate surface area is 110 Å². The van der Waals surface area contributed by atoms with Gasteiger partial charge in [0.05, 0.1) is 13.5 Å². The number of carboxylic acids is 1. The Bertz CT molecular complexity index is 611. The molecule has 5 heteroatoms. The van der Waals surface area contributed by atoms with Crippen molar-refractivity contribution in [2.45, 2.75) is 13.3 Å². The summed E-state index contributed by atoms with van der Waals surface area (Å²) in [6.07, 6.45) is 1.35. The third-order valence-electron chi connectivity index (χ3n) is 2.75. The topological polar surface area (TPSA) is 72.3 Å². The Balaban J connectivity index is 2.45. The van der Waals surface area contributed by atoms with E-state index in [1.165, 1.54) is 13.3 Å². The van der Waals surface area contributed by atoms with E-state index in [4.69, 9.17) is 9.84 Å². The van der Waals surface area contributed by atoms with Crippen LogP contribution in [0.4, 0.5) is 0 Å². The molecule has 0 aliphatic carbocycles. The van der Waals surface area contributed by atoms with E-state index in [2.05, 4.69) is 9.97 Å². The van der Waals surface area contributed by atoms with Gasteiger partial charge in [0.15, 0.2) is 5.82 Å². The molecule has 0 atom stereocenters. The van der Waals surface area contributed by atoms with Crippen LogP contribution in [0.15, 0.2) is 30.5 Å². The fourth-order valence-electron chi connectivity index (χ4n) is 1.81. The van der Waals surface area contributed by atoms with Gasteiger partial charge in [-0.25, -0.2) is 4.98 Å². The van der Waals surface area contributed by atoms with Crippen molar-refractivity contribution in [3.05, 3.63) is 41.6 Å². The van der Waals surface area contributed by atoms with Gasteiger partial charge in [0.1, 0.15) is 0 Å². The van der Waals surface area contributed by atoms with Crippen LogP contribution in [0, 0.1) is 6.92 Å². The van der Waals surface area contributed by atoms with Crippen LogP contribution in [-0.4, -0.2) is 28.2 Å². The predicted molar refractivity (Wildman–Crippen MR) is 70.1 cm³/mol. The Hall–Kier alpha value is -2.43. The van der Waals surface area contributed by atoms with E-state index in [-0.39, 0.29) is 6.42 Å². The first-order valence-electron chi connectivity index (χ1n) is 5.79. The monoisotopic (exact) mass is 258 g/mol. The summed E-state index contributed by atoms with van der Waals surface area (Å²) < 4.78 is 5.13. The van der Waals surface area contributed by atoms with Gasteiger partial charge >= 0.3 is 5.97 Å². The molecule has 0 saturated heterocycles. The molecule has 2 aromatic rings. The summed E-state index contributed by atoms with van der Waals surface area (Å²) in [6, 6.07) is 7.73. The number of ether oxygens (including phenoxy) is 1. The average Bonchev–Trinajstić information content (AvgIpc) is 2.39. The molecule has 19 heavy (non-hydrogen) atoms. The smallest absolute Gasteiger partial charge is 0.308 e. The van der Waals surface area contributed by atoms with Crippen molar-refractivity contribution in [2.75, 3.05) is 7.11 Å². The first-order valence-corrected chi connectivity index (χ1v) is 5.79. The van der Waals surface area contributed by atoms with E-state index in [0.717, 1.165) is 11.1 Å². The minimum absolute atomic E-state index is 0.156. The number of rotatable bonds is 4. The lowest BCUT2D eigenvalue weighted by molar-refractivity contribution is -0.136. The molecule has 1 aromatic carbocycles. The minimum atomic E-state index is -0.939. The summed E-state index contributed by atoms with van der Waals surface area (Å²) in [5.41, 5.74) is 2.42. The zero-order chi connectivity index (χ0) is 13.8. The van der Waals surface area contributed by atoms with Gasteiger partial charge in [-0.3, -0.25) is 4.79 Å². The molecule has 1 N–H and O–H groups in total. The molecule has 1 aromatic heterocycles. The first-order chi connectivity index (χ1) is 9.11. The molecule has 0 spiro atoms. The van der Waals surface area contributed by atoms with Crippen LogP contribution < -0.4 is 4.74 Å². The van der Waals surface area contributed by atoms with Gasteiger partial charge in [-0.15, -0.1) is 0 Å². The average molecular weight is 258 g/mol.